The molecule has 5 nitrogen and oxygen atoms in total. The van der Waals surface area contributed by atoms with Gasteiger partial charge in [-0.15, -0.1) is 0 Å². The van der Waals surface area contributed by atoms with Crippen molar-refractivity contribution >= 4 is 11.7 Å². The fourth-order valence-corrected chi connectivity index (χ4v) is 2.43. The summed E-state index contributed by atoms with van der Waals surface area (Å²) in [6.07, 6.45) is 1.38. The summed E-state index contributed by atoms with van der Waals surface area (Å²) in [5, 5.41) is 6.58. The highest BCUT2D eigenvalue weighted by atomic mass is 16.5. The third-order valence-corrected chi connectivity index (χ3v) is 3.51. The van der Waals surface area contributed by atoms with Gasteiger partial charge in [0.25, 0.3) is 0 Å². The van der Waals surface area contributed by atoms with Crippen molar-refractivity contribution in [1.29, 1.82) is 0 Å². The number of esters is 1. The molecule has 0 saturated carbocycles. The Morgan fingerprint density at radius 1 is 1.26 bits per heavy atom. The highest BCUT2D eigenvalue weighted by molar-refractivity contribution is 5.85. The molecular weight excluding hydrogens is 244 g/mol. The number of para-hydroxylation sites is 2. The molecule has 2 rings (SSSR count). The van der Waals surface area contributed by atoms with E-state index in [0.717, 1.165) is 24.5 Å². The first-order valence-electron chi connectivity index (χ1n) is 6.42. The van der Waals surface area contributed by atoms with Crippen molar-refractivity contribution in [2.75, 3.05) is 32.6 Å². The van der Waals surface area contributed by atoms with Gasteiger partial charge >= 0.3 is 5.97 Å². The normalized spacial score (nSPS) is 17.6. The number of ether oxygens (including phenoxy) is 2. The van der Waals surface area contributed by atoms with E-state index >= 15 is 0 Å². The second kappa shape index (κ2) is 5.93. The van der Waals surface area contributed by atoms with E-state index in [-0.39, 0.29) is 5.97 Å². The molecule has 1 saturated heterocycles. The lowest BCUT2D eigenvalue weighted by Crippen LogP contribution is -2.54. The van der Waals surface area contributed by atoms with Gasteiger partial charge < -0.3 is 20.1 Å². The fourth-order valence-electron chi connectivity index (χ4n) is 2.43. The first-order valence-corrected chi connectivity index (χ1v) is 6.42. The zero-order valence-electron chi connectivity index (χ0n) is 11.4. The predicted molar refractivity (Wildman–Crippen MR) is 73.5 cm³/mol. The summed E-state index contributed by atoms with van der Waals surface area (Å²) in [5.41, 5.74) is 0.145. The first-order chi connectivity index (χ1) is 9.22. The molecule has 0 unspecified atom stereocenters. The summed E-state index contributed by atoms with van der Waals surface area (Å²) in [6.45, 7) is 1.58. The van der Waals surface area contributed by atoms with E-state index in [2.05, 4.69) is 10.6 Å². The Labute approximate surface area is 113 Å². The van der Waals surface area contributed by atoms with E-state index in [1.807, 2.05) is 24.3 Å². The number of benzene rings is 1. The van der Waals surface area contributed by atoms with E-state index in [9.17, 15) is 4.79 Å². The minimum absolute atomic E-state index is 0.222. The van der Waals surface area contributed by atoms with Gasteiger partial charge in [-0.05, 0) is 38.1 Å². The SMILES string of the molecule is COC(=O)C1(Nc2ccccc2OC)CCNCC1. The van der Waals surface area contributed by atoms with Crippen LogP contribution in [0.15, 0.2) is 24.3 Å². The Morgan fingerprint density at radius 3 is 2.58 bits per heavy atom. The summed E-state index contributed by atoms with van der Waals surface area (Å²) in [6, 6.07) is 7.59. The summed E-state index contributed by atoms with van der Waals surface area (Å²) >= 11 is 0. The molecule has 2 N–H and O–H groups in total. The number of hydrogen-bond donors (Lipinski definition) is 2. The van der Waals surface area contributed by atoms with Gasteiger partial charge in [0.2, 0.25) is 0 Å². The maximum atomic E-state index is 12.1. The van der Waals surface area contributed by atoms with Gasteiger partial charge in [0.1, 0.15) is 11.3 Å². The Morgan fingerprint density at radius 2 is 1.95 bits per heavy atom. The average Bonchev–Trinajstić information content (AvgIpc) is 2.48. The van der Waals surface area contributed by atoms with Crippen LogP contribution in [0.2, 0.25) is 0 Å². The lowest BCUT2D eigenvalue weighted by molar-refractivity contribution is -0.147. The maximum absolute atomic E-state index is 12.1. The van der Waals surface area contributed by atoms with E-state index in [4.69, 9.17) is 9.47 Å². The second-order valence-corrected chi connectivity index (χ2v) is 4.65. The van der Waals surface area contributed by atoms with Crippen LogP contribution in [0.4, 0.5) is 5.69 Å². The molecule has 1 aliphatic heterocycles. The van der Waals surface area contributed by atoms with Crippen molar-refractivity contribution in [3.05, 3.63) is 24.3 Å². The summed E-state index contributed by atoms with van der Waals surface area (Å²) in [7, 11) is 3.05. The van der Waals surface area contributed by atoms with Crippen LogP contribution in [0.25, 0.3) is 0 Å². The summed E-state index contributed by atoms with van der Waals surface area (Å²) < 4.78 is 10.3. The Balaban J connectivity index is 2.27. The lowest BCUT2D eigenvalue weighted by Gasteiger charge is -2.36. The molecule has 1 heterocycles. The van der Waals surface area contributed by atoms with Crippen molar-refractivity contribution in [2.45, 2.75) is 18.4 Å². The van der Waals surface area contributed by atoms with Crippen molar-refractivity contribution in [1.82, 2.24) is 5.32 Å². The zero-order chi connectivity index (χ0) is 13.7. The van der Waals surface area contributed by atoms with Crippen molar-refractivity contribution in [3.8, 4) is 5.75 Å². The number of anilines is 1. The van der Waals surface area contributed by atoms with Gasteiger partial charge in [0.15, 0.2) is 0 Å². The number of carbonyl (C=O) groups is 1. The van der Waals surface area contributed by atoms with E-state index in [0.29, 0.717) is 12.8 Å². The van der Waals surface area contributed by atoms with Crippen molar-refractivity contribution in [3.63, 3.8) is 0 Å². The monoisotopic (exact) mass is 264 g/mol. The molecule has 19 heavy (non-hydrogen) atoms. The number of hydrogen-bond acceptors (Lipinski definition) is 5. The van der Waals surface area contributed by atoms with Gasteiger partial charge in [0, 0.05) is 0 Å². The number of nitrogens with one attached hydrogen (secondary N) is 2. The molecule has 0 bridgehead atoms. The maximum Gasteiger partial charge on any atom is 0.331 e. The topological polar surface area (TPSA) is 59.6 Å². The van der Waals surface area contributed by atoms with E-state index in [1.54, 1.807) is 7.11 Å². The highest BCUT2D eigenvalue weighted by Gasteiger charge is 2.41. The van der Waals surface area contributed by atoms with E-state index < -0.39 is 5.54 Å². The molecule has 1 aliphatic rings. The Bertz CT molecular complexity index is 442. The average molecular weight is 264 g/mol. The van der Waals surface area contributed by atoms with Crippen LogP contribution in [-0.4, -0.2) is 38.8 Å². The standard InChI is InChI=1S/C14H20N2O3/c1-18-12-6-4-3-5-11(12)16-14(13(17)19-2)7-9-15-10-8-14/h3-6,15-16H,7-10H2,1-2H3. The third kappa shape index (κ3) is 2.81. The summed E-state index contributed by atoms with van der Waals surface area (Å²) in [5.74, 6) is 0.504. The molecule has 0 aliphatic carbocycles. The lowest BCUT2D eigenvalue weighted by atomic mass is 9.88. The largest absolute Gasteiger partial charge is 0.495 e. The third-order valence-electron chi connectivity index (χ3n) is 3.51. The molecule has 0 radical (unpaired) electrons. The Kier molecular flexibility index (Phi) is 4.27. The van der Waals surface area contributed by atoms with Crippen molar-refractivity contribution < 1.29 is 14.3 Å². The van der Waals surface area contributed by atoms with Gasteiger partial charge in [-0.2, -0.15) is 0 Å². The van der Waals surface area contributed by atoms with Crippen molar-refractivity contribution in [2.24, 2.45) is 0 Å². The molecule has 1 aromatic rings. The van der Waals surface area contributed by atoms with E-state index in [1.165, 1.54) is 7.11 Å². The number of methoxy groups -OCH3 is 2. The molecule has 0 atom stereocenters. The molecule has 0 amide bonds. The van der Waals surface area contributed by atoms with Crippen LogP contribution in [0.5, 0.6) is 5.75 Å². The number of piperidine rings is 1. The number of rotatable bonds is 4. The first kappa shape index (κ1) is 13.7. The van der Waals surface area contributed by atoms with Gasteiger partial charge in [-0.3, -0.25) is 0 Å². The van der Waals surface area contributed by atoms with Crippen LogP contribution in [0, 0.1) is 0 Å². The van der Waals surface area contributed by atoms with Crippen LogP contribution in [0.1, 0.15) is 12.8 Å². The van der Waals surface area contributed by atoms with Crippen LogP contribution in [0.3, 0.4) is 0 Å². The fraction of sp³-hybridized carbons (Fsp3) is 0.500. The molecular formula is C14H20N2O3. The molecule has 1 fully saturated rings. The molecule has 5 heteroatoms. The van der Waals surface area contributed by atoms with Gasteiger partial charge in [0.05, 0.1) is 19.9 Å². The molecule has 0 spiro atoms. The Hall–Kier alpha value is -1.75. The molecule has 104 valence electrons. The smallest absolute Gasteiger partial charge is 0.331 e. The van der Waals surface area contributed by atoms with Crippen LogP contribution in [-0.2, 0) is 9.53 Å². The van der Waals surface area contributed by atoms with Crippen LogP contribution < -0.4 is 15.4 Å². The predicted octanol–water partition coefficient (Wildman–Crippen LogP) is 1.40. The van der Waals surface area contributed by atoms with Crippen LogP contribution >= 0.6 is 0 Å². The molecule has 0 aromatic heterocycles. The minimum Gasteiger partial charge on any atom is -0.495 e. The quantitative estimate of drug-likeness (QED) is 0.805. The zero-order valence-corrected chi connectivity index (χ0v) is 11.4. The van der Waals surface area contributed by atoms with Gasteiger partial charge in [-0.25, -0.2) is 4.79 Å². The molecule has 1 aromatic carbocycles. The minimum atomic E-state index is -0.672. The van der Waals surface area contributed by atoms with Gasteiger partial charge in [-0.1, -0.05) is 12.1 Å². The highest BCUT2D eigenvalue weighted by Crippen LogP contribution is 2.31. The summed E-state index contributed by atoms with van der Waals surface area (Å²) in [4.78, 5) is 12.1. The number of carbonyl (C=O) groups excluding carboxylic acids is 1. The second-order valence-electron chi connectivity index (χ2n) is 4.65.